The lowest BCUT2D eigenvalue weighted by atomic mass is 9.67. The van der Waals surface area contributed by atoms with E-state index >= 15 is 0 Å². The number of carbonyl (C=O) groups excluding carboxylic acids is 1. The molecule has 0 unspecified atom stereocenters. The molecule has 19 heavy (non-hydrogen) atoms. The molecule has 0 amide bonds. The number of ketones is 1. The Hall–Kier alpha value is -1.35. The maximum Gasteiger partial charge on any atom is 0.170 e. The van der Waals surface area contributed by atoms with Gasteiger partial charge in [-0.15, -0.1) is 0 Å². The Kier molecular flexibility index (Phi) is 4.25. The molecule has 1 saturated carbocycles. The molecule has 3 heteroatoms. The fraction of sp³-hybridized carbons (Fsp3) is 0.562. The lowest BCUT2D eigenvalue weighted by molar-refractivity contribution is 0.0695. The standard InChI is InChI=1S/C16H23NO2/c1-12-6-8-16(11-17,9-7-12)15(18)13-4-3-5-14(10-13)19-2/h3-5,10,12H,6-9,11,17H2,1-2H3. The van der Waals surface area contributed by atoms with Gasteiger partial charge in [0.05, 0.1) is 7.11 Å². The summed E-state index contributed by atoms with van der Waals surface area (Å²) in [4.78, 5) is 12.8. The minimum absolute atomic E-state index is 0.181. The zero-order valence-corrected chi connectivity index (χ0v) is 11.8. The first-order valence-electron chi connectivity index (χ1n) is 7.00. The number of rotatable bonds is 4. The van der Waals surface area contributed by atoms with Crippen molar-refractivity contribution in [3.05, 3.63) is 29.8 Å². The second-order valence-electron chi connectivity index (χ2n) is 5.73. The van der Waals surface area contributed by atoms with Gasteiger partial charge >= 0.3 is 0 Å². The van der Waals surface area contributed by atoms with Crippen LogP contribution in [0.25, 0.3) is 0 Å². The third kappa shape index (κ3) is 2.81. The average Bonchev–Trinajstić information content (AvgIpc) is 2.48. The molecule has 1 aliphatic rings. The van der Waals surface area contributed by atoms with Crippen LogP contribution in [-0.2, 0) is 0 Å². The van der Waals surface area contributed by atoms with Crippen LogP contribution in [0.15, 0.2) is 24.3 Å². The zero-order valence-electron chi connectivity index (χ0n) is 11.8. The van der Waals surface area contributed by atoms with Gasteiger partial charge in [0.15, 0.2) is 5.78 Å². The number of ether oxygens (including phenoxy) is 1. The highest BCUT2D eigenvalue weighted by molar-refractivity contribution is 6.01. The minimum atomic E-state index is -0.362. The number of methoxy groups -OCH3 is 1. The Bertz CT molecular complexity index is 448. The summed E-state index contributed by atoms with van der Waals surface area (Å²) in [5.74, 6) is 1.61. The second-order valence-corrected chi connectivity index (χ2v) is 5.73. The smallest absolute Gasteiger partial charge is 0.170 e. The first kappa shape index (κ1) is 14.1. The maximum absolute atomic E-state index is 12.8. The van der Waals surface area contributed by atoms with Crippen LogP contribution in [0.1, 0.15) is 43.0 Å². The van der Waals surface area contributed by atoms with E-state index in [0.29, 0.717) is 12.5 Å². The van der Waals surface area contributed by atoms with E-state index in [9.17, 15) is 4.79 Å². The van der Waals surface area contributed by atoms with E-state index < -0.39 is 0 Å². The molecule has 0 aromatic heterocycles. The molecule has 0 aliphatic heterocycles. The molecule has 1 fully saturated rings. The van der Waals surface area contributed by atoms with Gasteiger partial charge in [-0.25, -0.2) is 0 Å². The Morgan fingerprint density at radius 2 is 2.11 bits per heavy atom. The van der Waals surface area contributed by atoms with Crippen molar-refractivity contribution in [3.63, 3.8) is 0 Å². The van der Waals surface area contributed by atoms with Gasteiger partial charge in [0, 0.05) is 17.5 Å². The molecule has 1 aromatic rings. The average molecular weight is 261 g/mol. The van der Waals surface area contributed by atoms with Crippen LogP contribution in [0.4, 0.5) is 0 Å². The van der Waals surface area contributed by atoms with Crippen molar-refractivity contribution in [2.75, 3.05) is 13.7 Å². The van der Waals surface area contributed by atoms with Gasteiger partial charge in [-0.05, 0) is 43.7 Å². The summed E-state index contributed by atoms with van der Waals surface area (Å²) in [7, 11) is 1.62. The highest BCUT2D eigenvalue weighted by Crippen LogP contribution is 2.40. The first-order valence-corrected chi connectivity index (χ1v) is 7.00. The second kappa shape index (κ2) is 5.74. The number of carbonyl (C=O) groups is 1. The maximum atomic E-state index is 12.8. The van der Waals surface area contributed by atoms with Gasteiger partial charge in [-0.1, -0.05) is 19.1 Å². The molecule has 2 N–H and O–H groups in total. The monoisotopic (exact) mass is 261 g/mol. The number of hydrogen-bond acceptors (Lipinski definition) is 3. The van der Waals surface area contributed by atoms with Crippen LogP contribution in [0, 0.1) is 11.3 Å². The van der Waals surface area contributed by atoms with Crippen LogP contribution in [-0.4, -0.2) is 19.4 Å². The fourth-order valence-corrected chi connectivity index (χ4v) is 2.91. The number of hydrogen-bond donors (Lipinski definition) is 1. The zero-order chi connectivity index (χ0) is 13.9. The Labute approximate surface area is 115 Å². The molecule has 2 rings (SSSR count). The minimum Gasteiger partial charge on any atom is -0.497 e. The molecule has 0 atom stereocenters. The van der Waals surface area contributed by atoms with E-state index in [4.69, 9.17) is 10.5 Å². The van der Waals surface area contributed by atoms with E-state index in [1.54, 1.807) is 7.11 Å². The van der Waals surface area contributed by atoms with Crippen molar-refractivity contribution >= 4 is 5.78 Å². The summed E-state index contributed by atoms with van der Waals surface area (Å²) < 4.78 is 5.19. The summed E-state index contributed by atoms with van der Waals surface area (Å²) in [6.45, 7) is 2.69. The predicted octanol–water partition coefficient (Wildman–Crippen LogP) is 3.03. The molecule has 104 valence electrons. The highest BCUT2D eigenvalue weighted by atomic mass is 16.5. The molecule has 1 aliphatic carbocycles. The van der Waals surface area contributed by atoms with Crippen LogP contribution >= 0.6 is 0 Å². The normalized spacial score (nSPS) is 27.0. The number of Topliss-reactive ketones (excluding diaryl/α,β-unsaturated/α-hetero) is 1. The molecular formula is C16H23NO2. The van der Waals surface area contributed by atoms with Crippen molar-refractivity contribution in [2.45, 2.75) is 32.6 Å². The van der Waals surface area contributed by atoms with Crippen LogP contribution < -0.4 is 10.5 Å². The molecule has 0 heterocycles. The van der Waals surface area contributed by atoms with Crippen molar-refractivity contribution in [2.24, 2.45) is 17.1 Å². The molecule has 0 spiro atoms. The first-order chi connectivity index (χ1) is 9.11. The summed E-state index contributed by atoms with van der Waals surface area (Å²) >= 11 is 0. The summed E-state index contributed by atoms with van der Waals surface area (Å²) in [6.07, 6.45) is 3.99. The molecular weight excluding hydrogens is 238 g/mol. The van der Waals surface area contributed by atoms with Gasteiger partial charge in [0.2, 0.25) is 0 Å². The van der Waals surface area contributed by atoms with Crippen molar-refractivity contribution in [3.8, 4) is 5.75 Å². The number of benzene rings is 1. The van der Waals surface area contributed by atoms with Crippen molar-refractivity contribution in [1.29, 1.82) is 0 Å². The van der Waals surface area contributed by atoms with E-state index in [1.807, 2.05) is 24.3 Å². The topological polar surface area (TPSA) is 52.3 Å². The third-order valence-electron chi connectivity index (χ3n) is 4.44. The molecule has 0 saturated heterocycles. The molecule has 0 radical (unpaired) electrons. The van der Waals surface area contributed by atoms with Crippen LogP contribution in [0.3, 0.4) is 0 Å². The van der Waals surface area contributed by atoms with E-state index in [-0.39, 0.29) is 11.2 Å². The van der Waals surface area contributed by atoms with E-state index in [2.05, 4.69) is 6.92 Å². The molecule has 0 bridgehead atoms. The Morgan fingerprint density at radius 3 is 2.68 bits per heavy atom. The fourth-order valence-electron chi connectivity index (χ4n) is 2.91. The SMILES string of the molecule is COc1cccc(C(=O)C2(CN)CCC(C)CC2)c1. The van der Waals surface area contributed by atoms with E-state index in [1.165, 1.54) is 0 Å². The van der Waals surface area contributed by atoms with Gasteiger partial charge in [0.1, 0.15) is 5.75 Å². The molecule has 3 nitrogen and oxygen atoms in total. The van der Waals surface area contributed by atoms with Gasteiger partial charge in [-0.3, -0.25) is 4.79 Å². The summed E-state index contributed by atoms with van der Waals surface area (Å²) in [6, 6.07) is 7.40. The van der Waals surface area contributed by atoms with Crippen molar-refractivity contribution in [1.82, 2.24) is 0 Å². The third-order valence-corrected chi connectivity index (χ3v) is 4.44. The Morgan fingerprint density at radius 1 is 1.42 bits per heavy atom. The predicted molar refractivity (Wildman–Crippen MR) is 76.4 cm³/mol. The van der Waals surface area contributed by atoms with Crippen LogP contribution in [0.5, 0.6) is 5.75 Å². The summed E-state index contributed by atoms with van der Waals surface area (Å²) in [5.41, 5.74) is 6.30. The quantitative estimate of drug-likeness (QED) is 0.848. The largest absolute Gasteiger partial charge is 0.497 e. The van der Waals surface area contributed by atoms with Gasteiger partial charge in [0.25, 0.3) is 0 Å². The number of nitrogens with two attached hydrogens (primary N) is 1. The lowest BCUT2D eigenvalue weighted by Crippen LogP contribution is -2.41. The van der Waals surface area contributed by atoms with Gasteiger partial charge < -0.3 is 10.5 Å². The summed E-state index contributed by atoms with van der Waals surface area (Å²) in [5, 5.41) is 0. The van der Waals surface area contributed by atoms with Crippen LogP contribution in [0.2, 0.25) is 0 Å². The van der Waals surface area contributed by atoms with E-state index in [0.717, 1.165) is 37.0 Å². The van der Waals surface area contributed by atoms with Crippen molar-refractivity contribution < 1.29 is 9.53 Å². The molecule has 1 aromatic carbocycles. The van der Waals surface area contributed by atoms with Gasteiger partial charge in [-0.2, -0.15) is 0 Å². The Balaban J connectivity index is 2.25. The lowest BCUT2D eigenvalue weighted by Gasteiger charge is -2.37. The highest BCUT2D eigenvalue weighted by Gasteiger charge is 2.40.